The van der Waals surface area contributed by atoms with E-state index in [1.54, 1.807) is 4.90 Å². The molecule has 1 atom stereocenters. The number of rotatable bonds is 3. The van der Waals surface area contributed by atoms with Crippen molar-refractivity contribution in [1.82, 2.24) is 9.80 Å². The van der Waals surface area contributed by atoms with Crippen LogP contribution in [0.3, 0.4) is 0 Å². The van der Waals surface area contributed by atoms with Gasteiger partial charge in [0.1, 0.15) is 0 Å². The molecule has 2 fully saturated rings. The highest BCUT2D eigenvalue weighted by molar-refractivity contribution is 5.89. The summed E-state index contributed by atoms with van der Waals surface area (Å²) in [7, 11) is 0. The first-order valence-electron chi connectivity index (χ1n) is 8.18. The number of amides is 2. The smallest absolute Gasteiger partial charge is 0.242 e. The van der Waals surface area contributed by atoms with E-state index in [1.807, 2.05) is 32.6 Å². The zero-order valence-electron chi connectivity index (χ0n) is 14.2. The van der Waals surface area contributed by atoms with Crippen LogP contribution in [0.15, 0.2) is 0 Å². The molecule has 6 nitrogen and oxygen atoms in total. The van der Waals surface area contributed by atoms with Gasteiger partial charge < -0.3 is 20.3 Å². The van der Waals surface area contributed by atoms with Crippen molar-refractivity contribution in [2.45, 2.75) is 58.2 Å². The molecular weight excluding hydrogens is 282 g/mol. The highest BCUT2D eigenvalue weighted by atomic mass is 16.5. The topological polar surface area (TPSA) is 75.9 Å². The number of hydrogen-bond donors (Lipinski definition) is 1. The third-order valence-corrected chi connectivity index (χ3v) is 4.71. The van der Waals surface area contributed by atoms with Crippen molar-refractivity contribution in [1.29, 1.82) is 0 Å². The van der Waals surface area contributed by atoms with Gasteiger partial charge in [0.15, 0.2) is 0 Å². The van der Waals surface area contributed by atoms with Crippen molar-refractivity contribution in [3.63, 3.8) is 0 Å². The van der Waals surface area contributed by atoms with Gasteiger partial charge in [0.2, 0.25) is 11.8 Å². The number of hydrogen-bond acceptors (Lipinski definition) is 4. The first kappa shape index (κ1) is 17.2. The van der Waals surface area contributed by atoms with Crippen LogP contribution in [-0.2, 0) is 14.3 Å². The molecule has 1 unspecified atom stereocenters. The van der Waals surface area contributed by atoms with Gasteiger partial charge in [-0.25, -0.2) is 0 Å². The Hall–Kier alpha value is -1.14. The second kappa shape index (κ2) is 6.54. The van der Waals surface area contributed by atoms with Crippen LogP contribution in [0.1, 0.15) is 40.5 Å². The number of nitrogens with zero attached hydrogens (tertiary/aromatic N) is 2. The molecule has 2 amide bonds. The summed E-state index contributed by atoms with van der Waals surface area (Å²) in [4.78, 5) is 28.6. The number of carbonyl (C=O) groups excluding carboxylic acids is 2. The number of ether oxygens (including phenoxy) is 1. The summed E-state index contributed by atoms with van der Waals surface area (Å²) in [5.74, 6) is 0.0538. The maximum Gasteiger partial charge on any atom is 0.242 e. The molecule has 2 aliphatic heterocycles. The molecule has 0 aliphatic carbocycles. The van der Waals surface area contributed by atoms with E-state index < -0.39 is 6.04 Å². The van der Waals surface area contributed by atoms with Crippen LogP contribution >= 0.6 is 0 Å². The molecule has 0 aromatic carbocycles. The highest BCUT2D eigenvalue weighted by Gasteiger charge is 2.43. The molecular formula is C16H29N3O3. The van der Waals surface area contributed by atoms with Gasteiger partial charge in [-0.15, -0.1) is 0 Å². The SMILES string of the molecule is CC(C)N1C(=O)CN(C(=O)C(N)C2CCOCC2)CC1(C)C. The summed E-state index contributed by atoms with van der Waals surface area (Å²) in [6, 6.07) is -0.401. The lowest BCUT2D eigenvalue weighted by atomic mass is 9.90. The van der Waals surface area contributed by atoms with Crippen molar-refractivity contribution < 1.29 is 14.3 Å². The van der Waals surface area contributed by atoms with Gasteiger partial charge in [-0.1, -0.05) is 0 Å². The maximum atomic E-state index is 12.7. The van der Waals surface area contributed by atoms with Crippen LogP contribution < -0.4 is 5.73 Å². The van der Waals surface area contributed by atoms with Crippen molar-refractivity contribution in [3.05, 3.63) is 0 Å². The monoisotopic (exact) mass is 311 g/mol. The van der Waals surface area contributed by atoms with Gasteiger partial charge in [-0.05, 0) is 46.5 Å². The van der Waals surface area contributed by atoms with E-state index in [-0.39, 0.29) is 35.9 Å². The molecule has 2 aliphatic rings. The van der Waals surface area contributed by atoms with Crippen LogP contribution in [-0.4, -0.2) is 65.5 Å². The average molecular weight is 311 g/mol. The normalized spacial score (nSPS) is 24.7. The largest absolute Gasteiger partial charge is 0.381 e. The van der Waals surface area contributed by atoms with E-state index in [2.05, 4.69) is 0 Å². The summed E-state index contributed by atoms with van der Waals surface area (Å²) >= 11 is 0. The maximum absolute atomic E-state index is 12.7. The molecule has 0 aromatic heterocycles. The van der Waals surface area contributed by atoms with E-state index in [4.69, 9.17) is 10.5 Å². The summed E-state index contributed by atoms with van der Waals surface area (Å²) in [5.41, 5.74) is 5.81. The van der Waals surface area contributed by atoms with E-state index in [0.717, 1.165) is 12.8 Å². The van der Waals surface area contributed by atoms with E-state index in [9.17, 15) is 9.59 Å². The number of nitrogens with two attached hydrogens (primary N) is 1. The lowest BCUT2D eigenvalue weighted by Crippen LogP contribution is -2.66. The van der Waals surface area contributed by atoms with Crippen molar-refractivity contribution in [2.24, 2.45) is 11.7 Å². The molecule has 0 saturated carbocycles. The minimum atomic E-state index is -0.530. The number of piperazine rings is 1. The fraction of sp³-hybridized carbons (Fsp3) is 0.875. The zero-order chi connectivity index (χ0) is 16.5. The van der Waals surface area contributed by atoms with Crippen molar-refractivity contribution in [3.8, 4) is 0 Å². The van der Waals surface area contributed by atoms with Crippen LogP contribution in [0, 0.1) is 5.92 Å². The molecule has 0 spiro atoms. The Morgan fingerprint density at radius 3 is 2.41 bits per heavy atom. The molecule has 6 heteroatoms. The van der Waals surface area contributed by atoms with Gasteiger partial charge in [0.05, 0.1) is 18.1 Å². The van der Waals surface area contributed by atoms with Crippen LogP contribution in [0.5, 0.6) is 0 Å². The lowest BCUT2D eigenvalue weighted by molar-refractivity contribution is -0.156. The Balaban J connectivity index is 2.06. The molecule has 2 N–H and O–H groups in total. The zero-order valence-corrected chi connectivity index (χ0v) is 14.2. The minimum Gasteiger partial charge on any atom is -0.381 e. The van der Waals surface area contributed by atoms with E-state index in [1.165, 1.54) is 0 Å². The van der Waals surface area contributed by atoms with Crippen molar-refractivity contribution in [2.75, 3.05) is 26.3 Å². The van der Waals surface area contributed by atoms with E-state index in [0.29, 0.717) is 19.8 Å². The average Bonchev–Trinajstić information content (AvgIpc) is 2.44. The lowest BCUT2D eigenvalue weighted by Gasteiger charge is -2.49. The van der Waals surface area contributed by atoms with Crippen molar-refractivity contribution >= 4 is 11.8 Å². The summed E-state index contributed by atoms with van der Waals surface area (Å²) < 4.78 is 5.32. The summed E-state index contributed by atoms with van der Waals surface area (Å²) in [6.45, 7) is 10.0. The Bertz CT molecular complexity index is 430. The second-order valence-corrected chi connectivity index (χ2v) is 7.34. The predicted octanol–water partition coefficient (Wildman–Crippen LogP) is 0.598. The fourth-order valence-corrected chi connectivity index (χ4v) is 3.81. The third-order valence-electron chi connectivity index (χ3n) is 4.71. The standard InChI is InChI=1S/C16H29N3O3/c1-11(2)19-13(20)9-18(10-16(19,3)4)15(21)14(17)12-5-7-22-8-6-12/h11-12,14H,5-10,17H2,1-4H3. The first-order valence-corrected chi connectivity index (χ1v) is 8.18. The van der Waals surface area contributed by atoms with Gasteiger partial charge in [0, 0.05) is 25.8 Å². The molecule has 0 aromatic rings. The minimum absolute atomic E-state index is 0.00113. The Labute approximate surface area is 132 Å². The van der Waals surface area contributed by atoms with Gasteiger partial charge >= 0.3 is 0 Å². The van der Waals surface area contributed by atoms with Crippen LogP contribution in [0.2, 0.25) is 0 Å². The highest BCUT2D eigenvalue weighted by Crippen LogP contribution is 2.26. The number of carbonyl (C=O) groups is 2. The third kappa shape index (κ3) is 3.43. The Kier molecular flexibility index (Phi) is 5.12. The van der Waals surface area contributed by atoms with Crippen LogP contribution in [0.25, 0.3) is 0 Å². The predicted molar refractivity (Wildman–Crippen MR) is 84.2 cm³/mol. The van der Waals surface area contributed by atoms with Crippen LogP contribution in [0.4, 0.5) is 0 Å². The second-order valence-electron chi connectivity index (χ2n) is 7.34. The quantitative estimate of drug-likeness (QED) is 0.828. The summed E-state index contributed by atoms with van der Waals surface area (Å²) in [6.07, 6.45) is 1.63. The van der Waals surface area contributed by atoms with Gasteiger partial charge in [0.25, 0.3) is 0 Å². The molecule has 0 radical (unpaired) electrons. The Morgan fingerprint density at radius 1 is 1.32 bits per heavy atom. The molecule has 2 rings (SSSR count). The molecule has 0 bridgehead atoms. The molecule has 22 heavy (non-hydrogen) atoms. The first-order chi connectivity index (χ1) is 10.2. The van der Waals surface area contributed by atoms with Gasteiger partial charge in [-0.3, -0.25) is 9.59 Å². The van der Waals surface area contributed by atoms with E-state index >= 15 is 0 Å². The molecule has 2 saturated heterocycles. The Morgan fingerprint density at radius 2 is 1.91 bits per heavy atom. The molecule has 2 heterocycles. The van der Waals surface area contributed by atoms with Gasteiger partial charge in [-0.2, -0.15) is 0 Å². The summed E-state index contributed by atoms with van der Waals surface area (Å²) in [5, 5.41) is 0. The molecule has 126 valence electrons. The fourth-order valence-electron chi connectivity index (χ4n) is 3.81.